The molecule has 4 nitrogen and oxygen atoms in total. The van der Waals surface area contributed by atoms with Gasteiger partial charge < -0.3 is 5.73 Å². The Bertz CT molecular complexity index is 802. The van der Waals surface area contributed by atoms with E-state index in [0.29, 0.717) is 5.56 Å². The first-order chi connectivity index (χ1) is 10.1. The fourth-order valence-electron chi connectivity index (χ4n) is 1.88. The van der Waals surface area contributed by atoms with E-state index in [0.717, 1.165) is 18.2 Å². The third-order valence-electron chi connectivity index (χ3n) is 2.94. The molecule has 22 heavy (non-hydrogen) atoms. The third kappa shape index (κ3) is 3.51. The van der Waals surface area contributed by atoms with Crippen molar-refractivity contribution < 1.29 is 21.6 Å². The topological polar surface area (TPSA) is 72.2 Å². The zero-order valence-corrected chi connectivity index (χ0v) is 12.3. The molecule has 0 amide bonds. The molecule has 3 N–H and O–H groups in total. The van der Waals surface area contributed by atoms with Crippen molar-refractivity contribution in [1.29, 1.82) is 0 Å². The average Bonchev–Trinajstić information content (AvgIpc) is 2.40. The van der Waals surface area contributed by atoms with Crippen LogP contribution in [0.3, 0.4) is 0 Å². The number of nitrogens with one attached hydrogen (secondary N) is 1. The van der Waals surface area contributed by atoms with Gasteiger partial charge in [0.2, 0.25) is 0 Å². The maximum Gasteiger partial charge on any atom is 0.416 e. The largest absolute Gasteiger partial charge is 0.416 e. The van der Waals surface area contributed by atoms with E-state index in [2.05, 4.69) is 4.72 Å². The minimum absolute atomic E-state index is 0.0788. The Morgan fingerprint density at radius 2 is 1.77 bits per heavy atom. The lowest BCUT2D eigenvalue weighted by Crippen LogP contribution is -2.15. The number of benzene rings is 2. The quantitative estimate of drug-likeness (QED) is 0.847. The summed E-state index contributed by atoms with van der Waals surface area (Å²) < 4.78 is 64.6. The van der Waals surface area contributed by atoms with Crippen LogP contribution in [0.2, 0.25) is 0 Å². The van der Waals surface area contributed by atoms with Crippen molar-refractivity contribution in [3.63, 3.8) is 0 Å². The Labute approximate surface area is 125 Å². The summed E-state index contributed by atoms with van der Waals surface area (Å²) in [6.07, 6.45) is -4.55. The lowest BCUT2D eigenvalue weighted by molar-refractivity contribution is -0.137. The third-order valence-corrected chi connectivity index (χ3v) is 4.47. The van der Waals surface area contributed by atoms with Gasteiger partial charge in [-0.05, 0) is 42.8 Å². The van der Waals surface area contributed by atoms with Gasteiger partial charge in [-0.2, -0.15) is 13.2 Å². The molecule has 0 heterocycles. The summed E-state index contributed by atoms with van der Waals surface area (Å²) in [5.41, 5.74) is 5.14. The molecule has 0 saturated heterocycles. The fourth-order valence-corrected chi connectivity index (χ4v) is 3.21. The van der Waals surface area contributed by atoms with Gasteiger partial charge in [0.15, 0.2) is 0 Å². The molecule has 2 aromatic rings. The van der Waals surface area contributed by atoms with E-state index in [1.54, 1.807) is 13.0 Å². The average molecular weight is 330 g/mol. The number of aryl methyl sites for hydroxylation is 1. The number of sulfonamides is 1. The molecule has 2 aromatic carbocycles. The van der Waals surface area contributed by atoms with Crippen molar-refractivity contribution in [1.82, 2.24) is 0 Å². The van der Waals surface area contributed by atoms with Crippen molar-refractivity contribution in [3.05, 3.63) is 53.6 Å². The number of nitrogen functional groups attached to an aromatic ring is 1. The van der Waals surface area contributed by atoms with Crippen LogP contribution in [0.1, 0.15) is 11.1 Å². The first kappa shape index (κ1) is 16.2. The number of hydrogen-bond donors (Lipinski definition) is 2. The van der Waals surface area contributed by atoms with Gasteiger partial charge in [0.25, 0.3) is 10.0 Å². The van der Waals surface area contributed by atoms with Crippen LogP contribution in [0.5, 0.6) is 0 Å². The molecule has 0 aliphatic rings. The summed E-state index contributed by atoms with van der Waals surface area (Å²) in [5, 5.41) is 0. The van der Waals surface area contributed by atoms with Gasteiger partial charge in [-0.15, -0.1) is 0 Å². The highest BCUT2D eigenvalue weighted by atomic mass is 32.2. The normalized spacial score (nSPS) is 12.2. The smallest absolute Gasteiger partial charge is 0.399 e. The van der Waals surface area contributed by atoms with Crippen molar-refractivity contribution in [2.75, 3.05) is 10.5 Å². The van der Waals surface area contributed by atoms with E-state index < -0.39 is 21.8 Å². The maximum atomic E-state index is 12.6. The van der Waals surface area contributed by atoms with Crippen LogP contribution in [0.25, 0.3) is 0 Å². The first-order valence-electron chi connectivity index (χ1n) is 6.16. The zero-order chi connectivity index (χ0) is 16.5. The summed E-state index contributed by atoms with van der Waals surface area (Å²) >= 11 is 0. The molecule has 0 radical (unpaired) electrons. The van der Waals surface area contributed by atoms with Gasteiger partial charge in [0, 0.05) is 11.4 Å². The molecule has 0 aliphatic carbocycles. The standard InChI is InChI=1S/C14H13F3N2O2S/c1-9-5-6-11(18)8-13(9)22(20,21)19-12-4-2-3-10(7-12)14(15,16)17/h2-8,19H,18H2,1H3. The molecular formula is C14H13F3N2O2S. The van der Waals surface area contributed by atoms with E-state index in [1.807, 2.05) is 0 Å². The van der Waals surface area contributed by atoms with Crippen LogP contribution in [0, 0.1) is 6.92 Å². The van der Waals surface area contributed by atoms with E-state index >= 15 is 0 Å². The van der Waals surface area contributed by atoms with Crippen molar-refractivity contribution in [2.45, 2.75) is 18.0 Å². The van der Waals surface area contributed by atoms with Gasteiger partial charge in [0.05, 0.1) is 10.5 Å². The molecule has 2 rings (SSSR count). The fraction of sp³-hybridized carbons (Fsp3) is 0.143. The highest BCUT2D eigenvalue weighted by Gasteiger charge is 2.30. The molecule has 0 spiro atoms. The van der Waals surface area contributed by atoms with Crippen LogP contribution in [-0.4, -0.2) is 8.42 Å². The van der Waals surface area contributed by atoms with E-state index in [9.17, 15) is 21.6 Å². The Morgan fingerprint density at radius 1 is 1.09 bits per heavy atom. The van der Waals surface area contributed by atoms with E-state index in [-0.39, 0.29) is 16.3 Å². The van der Waals surface area contributed by atoms with Crippen LogP contribution in [-0.2, 0) is 16.2 Å². The van der Waals surface area contributed by atoms with Crippen LogP contribution in [0.15, 0.2) is 47.4 Å². The molecule has 8 heteroatoms. The van der Waals surface area contributed by atoms with Gasteiger partial charge in [-0.25, -0.2) is 8.42 Å². The summed E-state index contributed by atoms with van der Waals surface area (Å²) in [6.45, 7) is 1.57. The van der Waals surface area contributed by atoms with Gasteiger partial charge in [0.1, 0.15) is 0 Å². The molecule has 0 fully saturated rings. The molecule has 0 bridgehead atoms. The molecule has 0 aliphatic heterocycles. The number of rotatable bonds is 3. The second kappa shape index (κ2) is 5.53. The Hall–Kier alpha value is -2.22. The zero-order valence-electron chi connectivity index (χ0n) is 11.5. The second-order valence-electron chi connectivity index (χ2n) is 4.71. The number of anilines is 2. The molecular weight excluding hydrogens is 317 g/mol. The van der Waals surface area contributed by atoms with E-state index in [1.165, 1.54) is 18.2 Å². The Balaban J connectivity index is 2.39. The van der Waals surface area contributed by atoms with Crippen molar-refractivity contribution in [3.8, 4) is 0 Å². The van der Waals surface area contributed by atoms with Gasteiger partial charge >= 0.3 is 6.18 Å². The predicted octanol–water partition coefficient (Wildman–Crippen LogP) is 3.40. The van der Waals surface area contributed by atoms with Gasteiger partial charge in [-0.3, -0.25) is 4.72 Å². The minimum atomic E-state index is -4.55. The minimum Gasteiger partial charge on any atom is -0.399 e. The maximum absolute atomic E-state index is 12.6. The lowest BCUT2D eigenvalue weighted by atomic mass is 10.2. The molecule has 118 valence electrons. The second-order valence-corrected chi connectivity index (χ2v) is 6.36. The first-order valence-corrected chi connectivity index (χ1v) is 7.64. The highest BCUT2D eigenvalue weighted by Crippen LogP contribution is 2.31. The monoisotopic (exact) mass is 330 g/mol. The number of nitrogens with two attached hydrogens (primary N) is 1. The van der Waals surface area contributed by atoms with Crippen LogP contribution >= 0.6 is 0 Å². The SMILES string of the molecule is Cc1ccc(N)cc1S(=O)(=O)Nc1cccc(C(F)(F)F)c1. The number of hydrogen-bond acceptors (Lipinski definition) is 3. The predicted molar refractivity (Wildman–Crippen MR) is 77.8 cm³/mol. The van der Waals surface area contributed by atoms with Crippen molar-refractivity contribution in [2.24, 2.45) is 0 Å². The summed E-state index contributed by atoms with van der Waals surface area (Å²) in [4.78, 5) is -0.0788. The molecule has 0 unspecified atom stereocenters. The summed E-state index contributed by atoms with van der Waals surface area (Å²) in [5.74, 6) is 0. The molecule has 0 saturated carbocycles. The van der Waals surface area contributed by atoms with E-state index in [4.69, 9.17) is 5.73 Å². The van der Waals surface area contributed by atoms with Gasteiger partial charge in [-0.1, -0.05) is 12.1 Å². The highest BCUT2D eigenvalue weighted by molar-refractivity contribution is 7.92. The number of halogens is 3. The van der Waals surface area contributed by atoms with Crippen LogP contribution < -0.4 is 10.5 Å². The summed E-state index contributed by atoms with van der Waals surface area (Å²) in [7, 11) is -4.03. The van der Waals surface area contributed by atoms with Crippen molar-refractivity contribution >= 4 is 21.4 Å². The Morgan fingerprint density at radius 3 is 2.41 bits per heavy atom. The lowest BCUT2D eigenvalue weighted by Gasteiger charge is -2.13. The van der Waals surface area contributed by atoms with Crippen LogP contribution in [0.4, 0.5) is 24.5 Å². The molecule has 0 atom stereocenters. The Kier molecular flexibility index (Phi) is 4.06. The number of alkyl halides is 3. The molecule has 0 aromatic heterocycles. The summed E-state index contributed by atoms with van der Waals surface area (Å²) in [6, 6.07) is 8.30.